The van der Waals surface area contributed by atoms with Gasteiger partial charge >= 0.3 is 15.2 Å². The Morgan fingerprint density at radius 3 is 1.85 bits per heavy atom. The maximum Gasteiger partial charge on any atom is 0.353 e. The Bertz CT molecular complexity index is 1730. The van der Waals surface area contributed by atoms with Crippen LogP contribution in [0.25, 0.3) is 22.3 Å². The number of hydrogen-bond donors (Lipinski definition) is 6. The molecule has 8 N–H and O–H groups in total. The quantitative estimate of drug-likeness (QED) is 0.139. The molecular weight excluding hydrogens is 656 g/mol. The molecule has 7 rings (SSSR count). The Morgan fingerprint density at radius 2 is 1.28 bits per heavy atom. The predicted molar refractivity (Wildman–Crippen MR) is 153 cm³/mol. The van der Waals surface area contributed by atoms with Gasteiger partial charge in [-0.2, -0.15) is 0 Å². The molecule has 23 heteroatoms. The summed E-state index contributed by atoms with van der Waals surface area (Å²) in [5.74, 6) is 0.0824. The van der Waals surface area contributed by atoms with E-state index in [0.717, 1.165) is 0 Å². The zero-order valence-corrected chi connectivity index (χ0v) is 25.4. The molecule has 0 bridgehead atoms. The molecule has 3 saturated heterocycles. The maximum atomic E-state index is 13.1. The number of hydrogen-bond acceptors (Lipinski definition) is 17. The second kappa shape index (κ2) is 11.8. The van der Waals surface area contributed by atoms with Crippen molar-refractivity contribution in [1.82, 2.24) is 34.1 Å². The molecule has 0 aliphatic carbocycles. The summed E-state index contributed by atoms with van der Waals surface area (Å²) in [6.45, 7) is -1.22. The first-order chi connectivity index (χ1) is 21.9. The summed E-state index contributed by atoms with van der Waals surface area (Å²) in [5.41, 5.74) is 13.2. The Hall–Kier alpha value is -3.17. The van der Waals surface area contributed by atoms with E-state index < -0.39 is 90.2 Å². The number of aliphatic hydroxyl groups excluding tert-OH is 2. The molecular formula is C23H29N9O12P2. The molecule has 10 atom stereocenters. The van der Waals surface area contributed by atoms with Gasteiger partial charge in [0, 0.05) is 6.20 Å². The summed E-state index contributed by atoms with van der Waals surface area (Å²) >= 11 is 0. The topological polar surface area (TPSA) is 297 Å². The van der Waals surface area contributed by atoms with Crippen LogP contribution in [0.2, 0.25) is 0 Å². The lowest BCUT2D eigenvalue weighted by atomic mass is 10.1. The average molecular weight is 685 g/mol. The summed E-state index contributed by atoms with van der Waals surface area (Å²) in [7, 11) is -9.08. The van der Waals surface area contributed by atoms with Crippen molar-refractivity contribution in [2.75, 3.05) is 37.4 Å². The number of nitrogens with two attached hydrogens (primary N) is 2. The third-order valence-electron chi connectivity index (χ3n) is 7.79. The van der Waals surface area contributed by atoms with E-state index in [0.29, 0.717) is 11.2 Å². The van der Waals surface area contributed by atoms with Crippen molar-refractivity contribution in [2.45, 2.75) is 49.1 Å². The van der Waals surface area contributed by atoms with Crippen LogP contribution >= 0.6 is 15.2 Å². The minimum atomic E-state index is -4.54. The minimum absolute atomic E-state index is 0.0824. The van der Waals surface area contributed by atoms with Gasteiger partial charge in [0.2, 0.25) is 0 Å². The van der Waals surface area contributed by atoms with Crippen molar-refractivity contribution in [3.05, 3.63) is 31.2 Å². The lowest BCUT2D eigenvalue weighted by Gasteiger charge is -2.26. The van der Waals surface area contributed by atoms with Gasteiger partial charge in [0.05, 0.1) is 31.6 Å². The first-order valence-electron chi connectivity index (χ1n) is 13.8. The van der Waals surface area contributed by atoms with Gasteiger partial charge in [-0.15, -0.1) is 0 Å². The number of nitrogen functional groups attached to an aromatic ring is 2. The summed E-state index contributed by atoms with van der Waals surface area (Å²) in [6.07, 6.45) is -7.10. The molecule has 7 heterocycles. The van der Waals surface area contributed by atoms with Crippen LogP contribution in [0.1, 0.15) is 12.5 Å². The fourth-order valence-corrected chi connectivity index (χ4v) is 7.22. The molecule has 0 radical (unpaired) electrons. The third kappa shape index (κ3) is 5.68. The molecule has 0 spiro atoms. The molecule has 248 valence electrons. The summed E-state index contributed by atoms with van der Waals surface area (Å²) < 4.78 is 62.6. The first kappa shape index (κ1) is 31.4. The second-order valence-electron chi connectivity index (χ2n) is 10.8. The molecule has 46 heavy (non-hydrogen) atoms. The highest BCUT2D eigenvalue weighted by Gasteiger charge is 2.50. The zero-order valence-electron chi connectivity index (χ0n) is 23.6. The van der Waals surface area contributed by atoms with Gasteiger partial charge in [-0.05, 0) is 6.07 Å². The fourth-order valence-electron chi connectivity index (χ4n) is 5.59. The van der Waals surface area contributed by atoms with Crippen LogP contribution in [0.5, 0.6) is 0 Å². The first-order valence-corrected chi connectivity index (χ1v) is 17.3. The van der Waals surface area contributed by atoms with Crippen molar-refractivity contribution in [3.8, 4) is 0 Å². The summed E-state index contributed by atoms with van der Waals surface area (Å²) in [5, 5.41) is 22.4. The van der Waals surface area contributed by atoms with Crippen LogP contribution in [-0.4, -0.2) is 117 Å². The van der Waals surface area contributed by atoms with Gasteiger partial charge in [-0.1, -0.05) is 0 Å². The van der Waals surface area contributed by atoms with Crippen molar-refractivity contribution >= 4 is 49.0 Å². The number of ether oxygens (including phenoxy) is 4. The Balaban J connectivity index is 1.13. The molecule has 4 aromatic heterocycles. The molecule has 3 aliphatic heterocycles. The number of fused-ring (bicyclic) bond motifs is 4. The van der Waals surface area contributed by atoms with Gasteiger partial charge in [-0.3, -0.25) is 18.3 Å². The van der Waals surface area contributed by atoms with E-state index in [9.17, 15) is 29.1 Å². The number of aromatic nitrogens is 7. The van der Waals surface area contributed by atoms with Crippen LogP contribution in [0.15, 0.2) is 31.2 Å². The average Bonchev–Trinajstić information content (AvgIpc) is 3.77. The standard InChI is InChI=1S/C23H29N9O12P2/c24-10-1-2-26-20-13(10)29-6-31(20)22-15(33)17-11(43-22)3-41-46(37,38)9-40-18-12(4-42-45(35,36)8-39-17)44-23(16(18)34)32-7-30-14-19(25)27-5-28-21(14)32/h1-2,5-7,11-12,15-18,22-23,33-34H,3-4,8-9H2,(H2,24,26)(H,35,36)(H,37,38)(H2,25,27,28)/t11-,12-,15+,16+,17?,18?,22-,23-/m1/s1. The van der Waals surface area contributed by atoms with E-state index >= 15 is 0 Å². The molecule has 3 fully saturated rings. The number of anilines is 2. The molecule has 3 aliphatic rings. The van der Waals surface area contributed by atoms with Gasteiger partial charge in [0.15, 0.2) is 29.6 Å². The number of nitrogens with zero attached hydrogens (tertiary/aromatic N) is 7. The van der Waals surface area contributed by atoms with E-state index in [-0.39, 0.29) is 22.6 Å². The van der Waals surface area contributed by atoms with E-state index in [4.69, 9.17) is 39.5 Å². The van der Waals surface area contributed by atoms with Crippen molar-refractivity contribution in [3.63, 3.8) is 0 Å². The van der Waals surface area contributed by atoms with Crippen molar-refractivity contribution < 1.29 is 57.1 Å². The number of rotatable bonds is 2. The minimum Gasteiger partial charge on any atom is -0.397 e. The van der Waals surface area contributed by atoms with Crippen LogP contribution in [0.3, 0.4) is 0 Å². The molecule has 0 saturated carbocycles. The van der Waals surface area contributed by atoms with E-state index in [1.165, 1.54) is 34.3 Å². The van der Waals surface area contributed by atoms with E-state index in [1.807, 2.05) is 0 Å². The van der Waals surface area contributed by atoms with Crippen LogP contribution in [0, 0.1) is 0 Å². The number of aliphatic hydroxyl groups is 2. The predicted octanol–water partition coefficient (Wildman–Crippen LogP) is -0.945. The van der Waals surface area contributed by atoms with Crippen LogP contribution < -0.4 is 11.5 Å². The smallest absolute Gasteiger partial charge is 0.353 e. The highest BCUT2D eigenvalue weighted by molar-refractivity contribution is 7.52. The van der Waals surface area contributed by atoms with Crippen molar-refractivity contribution in [1.29, 1.82) is 0 Å². The van der Waals surface area contributed by atoms with Gasteiger partial charge < -0.3 is 59.5 Å². The number of pyridine rings is 1. The third-order valence-corrected chi connectivity index (χ3v) is 9.84. The molecule has 4 aromatic rings. The molecule has 4 unspecified atom stereocenters. The highest BCUT2D eigenvalue weighted by atomic mass is 31.2. The Morgan fingerprint density at radius 1 is 0.761 bits per heavy atom. The molecule has 0 aromatic carbocycles. The summed E-state index contributed by atoms with van der Waals surface area (Å²) in [4.78, 5) is 41.8. The Kier molecular flexibility index (Phi) is 8.07. The van der Waals surface area contributed by atoms with Gasteiger partial charge in [0.1, 0.15) is 66.7 Å². The molecule has 0 amide bonds. The lowest BCUT2D eigenvalue weighted by molar-refractivity contribution is -0.0655. The Labute approximate surface area is 258 Å². The monoisotopic (exact) mass is 685 g/mol. The summed E-state index contributed by atoms with van der Waals surface area (Å²) in [6, 6.07) is 1.55. The number of imidazole rings is 2. The fraction of sp³-hybridized carbons (Fsp3) is 0.522. The van der Waals surface area contributed by atoms with Gasteiger partial charge in [-0.25, -0.2) is 24.9 Å². The highest BCUT2D eigenvalue weighted by Crippen LogP contribution is 2.48. The largest absolute Gasteiger partial charge is 0.397 e. The van der Waals surface area contributed by atoms with E-state index in [2.05, 4.69) is 24.9 Å². The second-order valence-corrected chi connectivity index (χ2v) is 14.4. The zero-order chi connectivity index (χ0) is 32.4. The maximum absolute atomic E-state index is 13.1. The lowest BCUT2D eigenvalue weighted by Crippen LogP contribution is -2.38. The van der Waals surface area contributed by atoms with Gasteiger partial charge in [0.25, 0.3) is 0 Å². The SMILES string of the molecule is Nc1ccnc2c1ncn2[C@@H]1O[C@@H]2COP(=O)(O)COC3[C@@H](COP(=O)(O)COC2[C@@H]1O)O[C@@H](n1cnc2c(N)ncnc21)[C@H]3O. The normalized spacial score (nSPS) is 37.7. The van der Waals surface area contributed by atoms with Crippen molar-refractivity contribution in [2.24, 2.45) is 0 Å². The molecule has 21 nitrogen and oxygen atoms in total. The van der Waals surface area contributed by atoms with Crippen LogP contribution in [0.4, 0.5) is 11.5 Å². The van der Waals surface area contributed by atoms with E-state index in [1.54, 1.807) is 6.07 Å². The van der Waals surface area contributed by atoms with Crippen LogP contribution in [-0.2, 0) is 37.1 Å².